The summed E-state index contributed by atoms with van der Waals surface area (Å²) in [5.74, 6) is 6.14. The number of hydrogen-bond donors (Lipinski definition) is 1. The number of nitrogen functional groups attached to an aromatic ring is 1. The zero-order chi connectivity index (χ0) is 21.5. The van der Waals surface area contributed by atoms with E-state index in [0.717, 1.165) is 33.1 Å². The fraction of sp³-hybridized carbons (Fsp3) is 0.250. The highest BCUT2D eigenvalue weighted by Crippen LogP contribution is 2.54. The van der Waals surface area contributed by atoms with Crippen LogP contribution in [-0.4, -0.2) is 36.5 Å². The second-order valence-corrected chi connectivity index (χ2v) is 8.19. The number of methoxy groups -OCH3 is 1. The molecule has 3 aromatic heterocycles. The van der Waals surface area contributed by atoms with Gasteiger partial charge in [-0.15, -0.1) is 9.89 Å². The maximum absolute atomic E-state index is 11.4. The van der Waals surface area contributed by atoms with Gasteiger partial charge in [0.15, 0.2) is 10.9 Å². The Labute approximate surface area is 181 Å². The Morgan fingerprint density at radius 1 is 1.16 bits per heavy atom. The zero-order valence-corrected chi connectivity index (χ0v) is 17.6. The average molecular weight is 437 g/mol. The predicted molar refractivity (Wildman–Crippen MR) is 112 cm³/mol. The van der Waals surface area contributed by atoms with Crippen LogP contribution >= 0.6 is 11.8 Å². The molecule has 0 unspecified atom stereocenters. The number of ether oxygens (including phenoxy) is 1. The van der Waals surface area contributed by atoms with Crippen molar-refractivity contribution in [3.8, 4) is 17.0 Å². The number of aryl methyl sites for hydroxylation is 1. The van der Waals surface area contributed by atoms with Crippen LogP contribution in [0.1, 0.15) is 29.7 Å². The highest BCUT2D eigenvalue weighted by molar-refractivity contribution is 7.99. The monoisotopic (exact) mass is 437 g/mol. The van der Waals surface area contributed by atoms with Gasteiger partial charge in [0.25, 0.3) is 0 Å². The van der Waals surface area contributed by atoms with Gasteiger partial charge in [0.05, 0.1) is 25.8 Å². The predicted octanol–water partition coefficient (Wildman–Crippen LogP) is 2.17. The summed E-state index contributed by atoms with van der Waals surface area (Å²) in [7, 11) is 3.52. The van der Waals surface area contributed by atoms with Crippen LogP contribution in [-0.2, 0) is 7.05 Å². The van der Waals surface area contributed by atoms with Gasteiger partial charge in [0, 0.05) is 18.5 Å². The lowest BCUT2D eigenvalue weighted by molar-refractivity contribution is 0.409. The summed E-state index contributed by atoms with van der Waals surface area (Å²) in [6, 6.07) is 8.24. The van der Waals surface area contributed by atoms with E-state index in [0.29, 0.717) is 16.8 Å². The molecule has 0 spiro atoms. The van der Waals surface area contributed by atoms with Crippen LogP contribution in [0.15, 0.2) is 62.4 Å². The molecule has 10 nitrogen and oxygen atoms in total. The minimum atomic E-state index is -0.642. The largest absolute Gasteiger partial charge is 0.494 e. The first kappa shape index (κ1) is 19.4. The molecule has 1 saturated carbocycles. The molecule has 0 saturated heterocycles. The number of imidazole rings is 1. The van der Waals surface area contributed by atoms with Crippen molar-refractivity contribution in [1.29, 1.82) is 0 Å². The van der Waals surface area contributed by atoms with E-state index in [1.807, 2.05) is 23.7 Å². The summed E-state index contributed by atoms with van der Waals surface area (Å²) >= 11 is 1.44. The summed E-state index contributed by atoms with van der Waals surface area (Å²) < 4.78 is 12.2. The Bertz CT molecular complexity index is 1280. The Kier molecular flexibility index (Phi) is 4.74. The van der Waals surface area contributed by atoms with Gasteiger partial charge >= 0.3 is 5.76 Å². The maximum atomic E-state index is 11.4. The van der Waals surface area contributed by atoms with E-state index in [4.69, 9.17) is 15.0 Å². The van der Waals surface area contributed by atoms with Gasteiger partial charge in [0.2, 0.25) is 5.89 Å². The standard InChI is InChI=1S/C20H19N7O3S/c1-26-10-24-16(18(26)31-19-22-8-13(29-2)9-23-19)12-5-3-11(4-6-12)14-7-15(14)17-25-27(21)20(28)30-17/h3-6,8-10,14-15H,7,21H2,1-2H3/t14-,15+/m1/s1. The molecule has 1 fully saturated rings. The molecule has 3 heterocycles. The highest BCUT2D eigenvalue weighted by Gasteiger charge is 2.43. The molecule has 11 heteroatoms. The van der Waals surface area contributed by atoms with Crippen molar-refractivity contribution in [2.45, 2.75) is 28.4 Å². The van der Waals surface area contributed by atoms with Crippen molar-refractivity contribution in [2.24, 2.45) is 7.05 Å². The zero-order valence-electron chi connectivity index (χ0n) is 16.8. The van der Waals surface area contributed by atoms with E-state index in [9.17, 15) is 4.79 Å². The number of benzene rings is 1. The minimum absolute atomic E-state index is 0.0801. The third kappa shape index (κ3) is 3.67. The molecule has 0 bridgehead atoms. The molecule has 1 aromatic carbocycles. The van der Waals surface area contributed by atoms with E-state index in [-0.39, 0.29) is 11.8 Å². The van der Waals surface area contributed by atoms with Gasteiger partial charge in [-0.1, -0.05) is 24.3 Å². The lowest BCUT2D eigenvalue weighted by atomic mass is 10.1. The van der Waals surface area contributed by atoms with Crippen molar-refractivity contribution < 1.29 is 9.15 Å². The molecule has 31 heavy (non-hydrogen) atoms. The van der Waals surface area contributed by atoms with Crippen molar-refractivity contribution in [2.75, 3.05) is 13.0 Å². The van der Waals surface area contributed by atoms with Crippen LogP contribution in [0.4, 0.5) is 0 Å². The molecule has 1 aliphatic rings. The van der Waals surface area contributed by atoms with E-state index >= 15 is 0 Å². The molecule has 4 aromatic rings. The second kappa shape index (κ2) is 7.58. The number of hydrogen-bond acceptors (Lipinski definition) is 9. The minimum Gasteiger partial charge on any atom is -0.494 e. The number of nitrogens with two attached hydrogens (primary N) is 1. The lowest BCUT2D eigenvalue weighted by Gasteiger charge is -2.07. The normalized spacial score (nSPS) is 17.6. The first-order valence-electron chi connectivity index (χ1n) is 9.54. The Morgan fingerprint density at radius 3 is 2.55 bits per heavy atom. The molecule has 0 aliphatic heterocycles. The molecule has 158 valence electrons. The number of aromatic nitrogens is 6. The molecule has 2 N–H and O–H groups in total. The van der Waals surface area contributed by atoms with E-state index < -0.39 is 5.76 Å². The van der Waals surface area contributed by atoms with Crippen LogP contribution in [0.3, 0.4) is 0 Å². The molecule has 0 amide bonds. The topological polar surface area (TPSA) is 127 Å². The Hall–Kier alpha value is -3.60. The Balaban J connectivity index is 1.35. The van der Waals surface area contributed by atoms with Crippen LogP contribution < -0.4 is 16.3 Å². The van der Waals surface area contributed by atoms with Gasteiger partial charge in [-0.05, 0) is 29.7 Å². The molecule has 5 rings (SSSR count). The SMILES string of the molecule is COc1cnc(Sc2c(-c3ccc([C@H]4C[C@@H]4c4nn(N)c(=O)o4)cc3)ncn2C)nc1. The van der Waals surface area contributed by atoms with Crippen LogP contribution in [0.2, 0.25) is 0 Å². The smallest absolute Gasteiger partial charge is 0.456 e. The van der Waals surface area contributed by atoms with Gasteiger partial charge in [-0.3, -0.25) is 0 Å². The first-order chi connectivity index (χ1) is 15.0. The second-order valence-electron chi connectivity index (χ2n) is 7.24. The van der Waals surface area contributed by atoms with E-state index in [2.05, 4.69) is 32.2 Å². The summed E-state index contributed by atoms with van der Waals surface area (Å²) in [5.41, 5.74) is 3.01. The van der Waals surface area contributed by atoms with Gasteiger partial charge in [-0.2, -0.15) is 0 Å². The van der Waals surface area contributed by atoms with Crippen molar-refractivity contribution >= 4 is 11.8 Å². The molecular weight excluding hydrogens is 418 g/mol. The summed E-state index contributed by atoms with van der Waals surface area (Å²) in [6.45, 7) is 0. The number of nitrogens with zero attached hydrogens (tertiary/aromatic N) is 6. The van der Waals surface area contributed by atoms with Crippen molar-refractivity contribution in [3.05, 3.63) is 65.0 Å². The molecular formula is C20H19N7O3S. The van der Waals surface area contributed by atoms with Crippen molar-refractivity contribution in [3.63, 3.8) is 0 Å². The summed E-state index contributed by atoms with van der Waals surface area (Å²) in [6.07, 6.45) is 5.93. The van der Waals surface area contributed by atoms with Crippen LogP contribution in [0.25, 0.3) is 11.3 Å². The molecule has 2 atom stereocenters. The Morgan fingerprint density at radius 2 is 1.90 bits per heavy atom. The van der Waals surface area contributed by atoms with Crippen LogP contribution in [0.5, 0.6) is 5.75 Å². The van der Waals surface area contributed by atoms with Gasteiger partial charge in [0.1, 0.15) is 10.7 Å². The van der Waals surface area contributed by atoms with E-state index in [1.165, 1.54) is 11.8 Å². The highest BCUT2D eigenvalue weighted by atomic mass is 32.2. The van der Waals surface area contributed by atoms with Gasteiger partial charge in [-0.25, -0.2) is 19.7 Å². The number of rotatable bonds is 6. The molecule has 1 aliphatic carbocycles. The average Bonchev–Trinajstić information content (AvgIpc) is 3.41. The third-order valence-electron chi connectivity index (χ3n) is 5.22. The first-order valence-corrected chi connectivity index (χ1v) is 10.4. The van der Waals surface area contributed by atoms with E-state index in [1.54, 1.807) is 25.8 Å². The quantitative estimate of drug-likeness (QED) is 0.356. The van der Waals surface area contributed by atoms with Crippen LogP contribution in [0, 0.1) is 0 Å². The third-order valence-corrected chi connectivity index (χ3v) is 6.28. The van der Waals surface area contributed by atoms with Gasteiger partial charge < -0.3 is 19.6 Å². The molecule has 0 radical (unpaired) electrons. The lowest BCUT2D eigenvalue weighted by Crippen LogP contribution is -2.23. The summed E-state index contributed by atoms with van der Waals surface area (Å²) in [5, 5.41) is 5.52. The van der Waals surface area contributed by atoms with Crippen molar-refractivity contribution in [1.82, 2.24) is 29.4 Å². The fourth-order valence-electron chi connectivity index (χ4n) is 3.46. The fourth-order valence-corrected chi connectivity index (χ4v) is 4.31. The maximum Gasteiger partial charge on any atom is 0.456 e. The summed E-state index contributed by atoms with van der Waals surface area (Å²) in [4.78, 5) is 25.4.